The van der Waals surface area contributed by atoms with Crippen LogP contribution in [-0.4, -0.2) is 20.9 Å². The Hall–Kier alpha value is -4.10. The van der Waals surface area contributed by atoms with Gasteiger partial charge in [-0.2, -0.15) is 0 Å². The van der Waals surface area contributed by atoms with Gasteiger partial charge in [0.25, 0.3) is 10.0 Å². The third-order valence-corrected chi connectivity index (χ3v) is 7.16. The van der Waals surface area contributed by atoms with E-state index in [1.807, 2.05) is 49.4 Å². The van der Waals surface area contributed by atoms with E-state index in [0.717, 1.165) is 15.4 Å². The smallest absolute Gasteiger partial charge is 0.264 e. The molecule has 178 valence electrons. The third kappa shape index (κ3) is 6.07. The fourth-order valence-electron chi connectivity index (χ4n) is 3.57. The minimum atomic E-state index is -3.95. The first-order chi connectivity index (χ1) is 16.9. The van der Waals surface area contributed by atoms with E-state index in [4.69, 9.17) is 4.74 Å². The molecular weight excluding hydrogens is 460 g/mol. The van der Waals surface area contributed by atoms with Crippen LogP contribution in [0.5, 0.6) is 5.75 Å². The number of nitrogens with zero attached hydrogens (tertiary/aromatic N) is 1. The summed E-state index contributed by atoms with van der Waals surface area (Å²) in [5.41, 5.74) is 2.81. The van der Waals surface area contributed by atoms with Crippen molar-refractivity contribution in [3.63, 3.8) is 0 Å². The van der Waals surface area contributed by atoms with Crippen molar-refractivity contribution in [1.29, 1.82) is 0 Å². The number of aryl methyl sites for hydroxylation is 1. The van der Waals surface area contributed by atoms with E-state index in [1.165, 1.54) is 12.1 Å². The van der Waals surface area contributed by atoms with Crippen LogP contribution in [0.15, 0.2) is 114 Å². The van der Waals surface area contributed by atoms with Crippen molar-refractivity contribution in [2.45, 2.75) is 18.4 Å². The Labute approximate surface area is 205 Å². The molecule has 0 heterocycles. The van der Waals surface area contributed by atoms with Crippen LogP contribution in [0.2, 0.25) is 0 Å². The zero-order valence-corrected chi connectivity index (χ0v) is 20.1. The van der Waals surface area contributed by atoms with Crippen LogP contribution in [0, 0.1) is 6.92 Å². The van der Waals surface area contributed by atoms with Gasteiger partial charge in [0.2, 0.25) is 5.91 Å². The average molecular weight is 487 g/mol. The minimum absolute atomic E-state index is 0.121. The number of nitrogens with one attached hydrogen (secondary N) is 1. The van der Waals surface area contributed by atoms with Crippen LogP contribution in [0.3, 0.4) is 0 Å². The zero-order chi connectivity index (χ0) is 24.7. The lowest BCUT2D eigenvalue weighted by Gasteiger charge is -2.25. The first-order valence-electron chi connectivity index (χ1n) is 11.1. The van der Waals surface area contributed by atoms with E-state index in [-0.39, 0.29) is 11.4 Å². The van der Waals surface area contributed by atoms with Gasteiger partial charge in [-0.25, -0.2) is 8.42 Å². The van der Waals surface area contributed by atoms with Crippen molar-refractivity contribution in [1.82, 2.24) is 0 Å². The molecular formula is C28H26N2O4S. The van der Waals surface area contributed by atoms with Gasteiger partial charge >= 0.3 is 0 Å². The van der Waals surface area contributed by atoms with Crippen molar-refractivity contribution in [3.8, 4) is 5.75 Å². The molecule has 0 fully saturated rings. The second-order valence-corrected chi connectivity index (χ2v) is 9.82. The van der Waals surface area contributed by atoms with Crippen LogP contribution in [-0.2, 0) is 21.4 Å². The van der Waals surface area contributed by atoms with Crippen LogP contribution in [0.4, 0.5) is 11.4 Å². The molecule has 0 bridgehead atoms. The summed E-state index contributed by atoms with van der Waals surface area (Å²) in [6.45, 7) is 1.89. The van der Waals surface area contributed by atoms with Gasteiger partial charge in [-0.15, -0.1) is 0 Å². The van der Waals surface area contributed by atoms with Crippen LogP contribution in [0.1, 0.15) is 11.1 Å². The van der Waals surface area contributed by atoms with E-state index in [9.17, 15) is 13.2 Å². The summed E-state index contributed by atoms with van der Waals surface area (Å²) in [5, 5.41) is 2.79. The number of amides is 1. The number of hydrogen-bond acceptors (Lipinski definition) is 4. The maximum Gasteiger partial charge on any atom is 0.264 e. The summed E-state index contributed by atoms with van der Waals surface area (Å²) in [6, 6.07) is 32.0. The number of ether oxygens (including phenoxy) is 1. The highest BCUT2D eigenvalue weighted by molar-refractivity contribution is 7.92. The van der Waals surface area contributed by atoms with E-state index in [1.54, 1.807) is 54.6 Å². The number of benzene rings is 4. The maximum absolute atomic E-state index is 13.4. The van der Waals surface area contributed by atoms with Gasteiger partial charge in [0.05, 0.1) is 10.6 Å². The molecule has 0 radical (unpaired) electrons. The van der Waals surface area contributed by atoms with Crippen molar-refractivity contribution in [2.24, 2.45) is 0 Å². The molecule has 0 aromatic heterocycles. The van der Waals surface area contributed by atoms with Gasteiger partial charge in [0.1, 0.15) is 18.9 Å². The molecule has 0 atom stereocenters. The number of hydrogen-bond donors (Lipinski definition) is 1. The highest BCUT2D eigenvalue weighted by atomic mass is 32.2. The second-order valence-electron chi connectivity index (χ2n) is 7.96. The lowest BCUT2D eigenvalue weighted by atomic mass is 10.2. The van der Waals surface area contributed by atoms with Crippen LogP contribution in [0.25, 0.3) is 0 Å². The van der Waals surface area contributed by atoms with Crippen LogP contribution >= 0.6 is 0 Å². The largest absolute Gasteiger partial charge is 0.489 e. The number of carbonyl (C=O) groups excluding carboxylic acids is 1. The molecule has 0 spiro atoms. The molecule has 0 aliphatic rings. The Morgan fingerprint density at radius 3 is 2.06 bits per heavy atom. The van der Waals surface area contributed by atoms with Gasteiger partial charge in [0.15, 0.2) is 0 Å². The number of anilines is 2. The SMILES string of the molecule is Cc1ccccc1N(CC(=O)Nc1ccc(OCc2ccccc2)cc1)S(=O)(=O)c1ccccc1. The molecule has 0 saturated heterocycles. The van der Waals surface area contributed by atoms with Gasteiger partial charge in [0, 0.05) is 5.69 Å². The van der Waals surface area contributed by atoms with E-state index >= 15 is 0 Å². The summed E-state index contributed by atoms with van der Waals surface area (Å²) in [6.07, 6.45) is 0. The molecule has 7 heteroatoms. The summed E-state index contributed by atoms with van der Waals surface area (Å²) in [4.78, 5) is 13.1. The topological polar surface area (TPSA) is 75.7 Å². The average Bonchev–Trinajstić information content (AvgIpc) is 2.88. The van der Waals surface area contributed by atoms with Crippen LogP contribution < -0.4 is 14.4 Å². The number of para-hydroxylation sites is 1. The number of carbonyl (C=O) groups is 1. The van der Waals surface area contributed by atoms with E-state index in [2.05, 4.69) is 5.32 Å². The molecule has 1 N–H and O–H groups in total. The summed E-state index contributed by atoms with van der Waals surface area (Å²) >= 11 is 0. The lowest BCUT2D eigenvalue weighted by Crippen LogP contribution is -2.38. The summed E-state index contributed by atoms with van der Waals surface area (Å²) < 4.78 is 33.8. The molecule has 4 aromatic carbocycles. The van der Waals surface area contributed by atoms with Gasteiger partial charge in [-0.05, 0) is 60.5 Å². The maximum atomic E-state index is 13.4. The molecule has 0 aliphatic heterocycles. The Morgan fingerprint density at radius 2 is 1.40 bits per heavy atom. The number of rotatable bonds is 9. The fraction of sp³-hybridized carbons (Fsp3) is 0.107. The Morgan fingerprint density at radius 1 is 0.800 bits per heavy atom. The molecule has 0 aliphatic carbocycles. The van der Waals surface area contributed by atoms with Gasteiger partial charge in [-0.3, -0.25) is 9.10 Å². The summed E-state index contributed by atoms with van der Waals surface area (Å²) in [7, 11) is -3.95. The second kappa shape index (κ2) is 10.9. The van der Waals surface area contributed by atoms with E-state index < -0.39 is 15.9 Å². The van der Waals surface area contributed by atoms with Crippen molar-refractivity contribution < 1.29 is 17.9 Å². The molecule has 0 unspecified atom stereocenters. The predicted octanol–water partition coefficient (Wildman–Crippen LogP) is 5.41. The van der Waals surface area contributed by atoms with Crippen molar-refractivity contribution in [2.75, 3.05) is 16.2 Å². The number of sulfonamides is 1. The fourth-order valence-corrected chi connectivity index (χ4v) is 5.08. The molecule has 0 saturated carbocycles. The predicted molar refractivity (Wildman–Crippen MR) is 138 cm³/mol. The standard InChI is InChI=1S/C28H26N2O4S/c1-22-10-8-9-15-27(22)30(35(32,33)26-13-6-3-7-14-26)20-28(31)29-24-16-18-25(19-17-24)34-21-23-11-4-2-5-12-23/h2-19H,20-21H2,1H3,(H,29,31). The Balaban J connectivity index is 1.48. The van der Waals surface area contributed by atoms with Crippen molar-refractivity contribution >= 4 is 27.3 Å². The first kappa shape index (κ1) is 24.0. The molecule has 6 nitrogen and oxygen atoms in total. The normalized spacial score (nSPS) is 11.0. The van der Waals surface area contributed by atoms with Gasteiger partial charge < -0.3 is 10.1 Å². The summed E-state index contributed by atoms with van der Waals surface area (Å²) in [5.74, 6) is 0.214. The van der Waals surface area contributed by atoms with Gasteiger partial charge in [-0.1, -0.05) is 66.7 Å². The van der Waals surface area contributed by atoms with Crippen molar-refractivity contribution in [3.05, 3.63) is 120 Å². The zero-order valence-electron chi connectivity index (χ0n) is 19.3. The molecule has 1 amide bonds. The van der Waals surface area contributed by atoms with E-state index in [0.29, 0.717) is 23.7 Å². The highest BCUT2D eigenvalue weighted by Gasteiger charge is 2.28. The quantitative estimate of drug-likeness (QED) is 0.343. The first-order valence-corrected chi connectivity index (χ1v) is 12.6. The molecule has 4 aromatic rings. The third-order valence-electron chi connectivity index (χ3n) is 5.39. The Kier molecular flexibility index (Phi) is 7.48. The lowest BCUT2D eigenvalue weighted by molar-refractivity contribution is -0.114. The minimum Gasteiger partial charge on any atom is -0.489 e. The highest BCUT2D eigenvalue weighted by Crippen LogP contribution is 2.27. The molecule has 35 heavy (non-hydrogen) atoms. The molecule has 4 rings (SSSR count). The Bertz CT molecular complexity index is 1370. The monoisotopic (exact) mass is 486 g/mol.